The third-order valence-corrected chi connectivity index (χ3v) is 1.17. The average Bonchev–Trinajstić information content (AvgIpc) is 1.74. The van der Waals surface area contributed by atoms with Crippen LogP contribution in [0, 0.1) is 0 Å². The van der Waals surface area contributed by atoms with Crippen molar-refractivity contribution >= 4 is 5.97 Å². The Kier molecular flexibility index (Phi) is 3.61. The summed E-state index contributed by atoms with van der Waals surface area (Å²) in [4.78, 5) is 9.84. The molecule has 0 amide bonds. The maximum atomic E-state index is 11.8. The predicted octanol–water partition coefficient (Wildman–Crippen LogP) is 2.40. The van der Waals surface area contributed by atoms with Crippen LogP contribution in [-0.2, 0) is 4.79 Å². The zero-order chi connectivity index (χ0) is 12.4. The highest BCUT2D eigenvalue weighted by molar-refractivity contribution is 5.69. The molecule has 0 spiro atoms. The van der Waals surface area contributed by atoms with Crippen LogP contribution in [0.3, 0.4) is 0 Å². The molecule has 0 aromatic rings. The summed E-state index contributed by atoms with van der Waals surface area (Å²) in [5, 5.41) is 16.3. The zero-order valence-corrected chi connectivity index (χ0v) is 6.78. The summed E-state index contributed by atoms with van der Waals surface area (Å²) in [6.45, 7) is 0. The summed E-state index contributed by atoms with van der Waals surface area (Å²) < 4.78 is 70.7. The van der Waals surface area contributed by atoms with Crippen LogP contribution in [0.25, 0.3) is 0 Å². The molecule has 0 aliphatic carbocycles. The molecule has 0 aliphatic rings. The lowest BCUT2D eigenvalue weighted by atomic mass is 10.1. The van der Waals surface area contributed by atoms with Gasteiger partial charge in [0.1, 0.15) is 12.2 Å². The van der Waals surface area contributed by atoms with Crippen molar-refractivity contribution in [3.8, 4) is 0 Å². The van der Waals surface area contributed by atoms with Gasteiger partial charge in [-0.3, -0.25) is 4.79 Å². The second-order valence-corrected chi connectivity index (χ2v) is 2.39. The number of rotatable bonds is 2. The molecule has 0 saturated carbocycles. The minimum absolute atomic E-state index is 1.74. The summed E-state index contributed by atoms with van der Waals surface area (Å²) >= 11 is 0. The fourth-order valence-electron chi connectivity index (χ4n) is 0.720. The van der Waals surface area contributed by atoms with E-state index in [-0.39, 0.29) is 0 Å². The van der Waals surface area contributed by atoms with E-state index in [2.05, 4.69) is 0 Å². The molecule has 0 aromatic heterocycles. The molecule has 88 valence electrons. The number of halogens is 6. The average molecular weight is 238 g/mol. The molecule has 0 fully saturated rings. The van der Waals surface area contributed by atoms with Gasteiger partial charge >= 0.3 is 18.3 Å². The van der Waals surface area contributed by atoms with Crippen molar-refractivity contribution < 1.29 is 41.4 Å². The summed E-state index contributed by atoms with van der Waals surface area (Å²) in [5.74, 6) is -4.26. The third kappa shape index (κ3) is 4.09. The molecule has 0 radical (unpaired) electrons. The van der Waals surface area contributed by atoms with Crippen molar-refractivity contribution in [2.45, 2.75) is 18.8 Å². The van der Waals surface area contributed by atoms with Gasteiger partial charge in [-0.1, -0.05) is 0 Å². The number of alkyl halides is 6. The quantitative estimate of drug-likeness (QED) is 0.573. The van der Waals surface area contributed by atoms with E-state index >= 15 is 0 Å². The zero-order valence-electron chi connectivity index (χ0n) is 6.78. The summed E-state index contributed by atoms with van der Waals surface area (Å²) in [7, 11) is 0. The van der Waals surface area contributed by atoms with E-state index in [4.69, 9.17) is 10.2 Å². The van der Waals surface area contributed by atoms with Crippen molar-refractivity contribution in [3.05, 3.63) is 11.3 Å². The van der Waals surface area contributed by atoms with Gasteiger partial charge in [0, 0.05) is 0 Å². The molecule has 0 bridgehead atoms. The Morgan fingerprint density at radius 1 is 0.933 bits per heavy atom. The highest BCUT2D eigenvalue weighted by atomic mass is 19.4. The number of hydrogen-bond acceptors (Lipinski definition) is 2. The fraction of sp³-hybridized carbons (Fsp3) is 0.500. The maximum Gasteiger partial charge on any atom is 0.424 e. The van der Waals surface area contributed by atoms with E-state index in [1.807, 2.05) is 0 Å². The largest absolute Gasteiger partial charge is 0.511 e. The Bertz CT molecular complexity index is 270. The number of aliphatic hydroxyl groups excluding tert-OH is 1. The Morgan fingerprint density at radius 2 is 1.27 bits per heavy atom. The predicted molar refractivity (Wildman–Crippen MR) is 34.0 cm³/mol. The fourth-order valence-corrected chi connectivity index (χ4v) is 0.720. The van der Waals surface area contributed by atoms with Gasteiger partial charge in [0.05, 0.1) is 0 Å². The van der Waals surface area contributed by atoms with Crippen LogP contribution in [0.4, 0.5) is 26.3 Å². The minimum atomic E-state index is -5.85. The van der Waals surface area contributed by atoms with Gasteiger partial charge in [-0.15, -0.1) is 0 Å². The van der Waals surface area contributed by atoms with E-state index < -0.39 is 36.1 Å². The topological polar surface area (TPSA) is 57.5 Å². The van der Waals surface area contributed by atoms with Crippen molar-refractivity contribution in [2.75, 3.05) is 0 Å². The van der Waals surface area contributed by atoms with Gasteiger partial charge in [0.15, 0.2) is 5.57 Å². The first-order valence-electron chi connectivity index (χ1n) is 3.24. The van der Waals surface area contributed by atoms with E-state index in [1.54, 1.807) is 0 Å². The number of carboxylic acid groups (broad SMARTS) is 1. The smallest absolute Gasteiger partial charge is 0.424 e. The molecule has 3 nitrogen and oxygen atoms in total. The number of allylic oxidation sites excluding steroid dienone is 1. The lowest BCUT2D eigenvalue weighted by Crippen LogP contribution is -2.28. The first-order valence-corrected chi connectivity index (χ1v) is 3.24. The normalized spacial score (nSPS) is 12.4. The van der Waals surface area contributed by atoms with Crippen LogP contribution in [-0.4, -0.2) is 28.5 Å². The SMILES string of the molecule is O=C(O)CC(O)=C(C(F)(F)F)C(F)(F)F. The van der Waals surface area contributed by atoms with Crippen molar-refractivity contribution in [2.24, 2.45) is 0 Å². The van der Waals surface area contributed by atoms with Gasteiger partial charge in [0.2, 0.25) is 0 Å². The van der Waals surface area contributed by atoms with Gasteiger partial charge < -0.3 is 10.2 Å². The van der Waals surface area contributed by atoms with Crippen LogP contribution in [0.2, 0.25) is 0 Å². The van der Waals surface area contributed by atoms with Crippen molar-refractivity contribution in [1.82, 2.24) is 0 Å². The van der Waals surface area contributed by atoms with Crippen LogP contribution in [0.5, 0.6) is 0 Å². The molecule has 0 aliphatic heterocycles. The lowest BCUT2D eigenvalue weighted by molar-refractivity contribution is -0.175. The highest BCUT2D eigenvalue weighted by Crippen LogP contribution is 2.40. The van der Waals surface area contributed by atoms with E-state index in [0.717, 1.165) is 0 Å². The maximum absolute atomic E-state index is 11.8. The number of aliphatic hydroxyl groups is 1. The molecule has 15 heavy (non-hydrogen) atoms. The summed E-state index contributed by atoms with van der Waals surface area (Å²) in [6.07, 6.45) is -13.4. The molecule has 2 N–H and O–H groups in total. The van der Waals surface area contributed by atoms with Gasteiger partial charge in [-0.05, 0) is 0 Å². The lowest BCUT2D eigenvalue weighted by Gasteiger charge is -2.16. The van der Waals surface area contributed by atoms with Crippen LogP contribution in [0.15, 0.2) is 11.3 Å². The molecule has 0 saturated heterocycles. The number of carbonyl (C=O) groups is 1. The second kappa shape index (κ2) is 3.99. The Labute approximate surface area is 78.6 Å². The molecule has 0 atom stereocenters. The van der Waals surface area contributed by atoms with Gasteiger partial charge in [0.25, 0.3) is 0 Å². The number of carboxylic acids is 1. The standard InChI is InChI=1S/C6H4F6O3/c7-5(8,9)4(6(10,11)12)2(13)1-3(14)15/h13H,1H2,(H,14,15). The molecule has 0 aromatic carbocycles. The summed E-state index contributed by atoms with van der Waals surface area (Å²) in [6, 6.07) is 0. The van der Waals surface area contributed by atoms with Gasteiger partial charge in [-0.25, -0.2) is 0 Å². The number of hydrogen-bond donors (Lipinski definition) is 2. The molecular weight excluding hydrogens is 234 g/mol. The monoisotopic (exact) mass is 238 g/mol. The Morgan fingerprint density at radius 3 is 1.47 bits per heavy atom. The van der Waals surface area contributed by atoms with Gasteiger partial charge in [-0.2, -0.15) is 26.3 Å². The molecule has 0 unspecified atom stereocenters. The first-order chi connectivity index (χ1) is 6.46. The van der Waals surface area contributed by atoms with E-state index in [9.17, 15) is 31.1 Å². The van der Waals surface area contributed by atoms with Crippen molar-refractivity contribution in [1.29, 1.82) is 0 Å². The summed E-state index contributed by atoms with van der Waals surface area (Å²) in [5.41, 5.74) is -3.20. The molecular formula is C6H4F6O3. The van der Waals surface area contributed by atoms with E-state index in [1.165, 1.54) is 0 Å². The Balaban J connectivity index is 5.38. The Hall–Kier alpha value is -1.41. The highest BCUT2D eigenvalue weighted by Gasteiger charge is 2.53. The van der Waals surface area contributed by atoms with Crippen LogP contribution >= 0.6 is 0 Å². The minimum Gasteiger partial charge on any atom is -0.511 e. The second-order valence-electron chi connectivity index (χ2n) is 2.39. The van der Waals surface area contributed by atoms with Crippen molar-refractivity contribution in [3.63, 3.8) is 0 Å². The van der Waals surface area contributed by atoms with E-state index in [0.29, 0.717) is 0 Å². The van der Waals surface area contributed by atoms with Crippen LogP contribution < -0.4 is 0 Å². The van der Waals surface area contributed by atoms with Crippen LogP contribution in [0.1, 0.15) is 6.42 Å². The molecule has 9 heteroatoms. The molecule has 0 rings (SSSR count). The third-order valence-electron chi connectivity index (χ3n) is 1.17. The first kappa shape index (κ1) is 13.6. The number of aliphatic carboxylic acids is 1. The molecule has 0 heterocycles.